The van der Waals surface area contributed by atoms with Gasteiger partial charge in [0.15, 0.2) is 6.29 Å². The minimum Gasteiger partial charge on any atom is -0.393 e. The zero-order valence-corrected chi connectivity index (χ0v) is 11.7. The van der Waals surface area contributed by atoms with Gasteiger partial charge in [0.2, 0.25) is 0 Å². The minimum absolute atomic E-state index is 0.0317. The standard InChI is InChI=1S/C13H26O5/c1-5-16-10(4)13(9(3)14)18-12-7-11(15)6-8(2)17-12/h8-15H,5-7H2,1-4H3/t8-,9?,10?,11?,12?,13?/m0/s1. The van der Waals surface area contributed by atoms with Crippen molar-refractivity contribution in [1.82, 2.24) is 0 Å². The summed E-state index contributed by atoms with van der Waals surface area (Å²) in [4.78, 5) is 0. The summed E-state index contributed by atoms with van der Waals surface area (Å²) in [6, 6.07) is 0. The van der Waals surface area contributed by atoms with Gasteiger partial charge in [0, 0.05) is 13.0 Å². The average molecular weight is 262 g/mol. The lowest BCUT2D eigenvalue weighted by Crippen LogP contribution is -2.45. The number of hydrogen-bond acceptors (Lipinski definition) is 5. The molecule has 108 valence electrons. The van der Waals surface area contributed by atoms with E-state index in [9.17, 15) is 10.2 Å². The van der Waals surface area contributed by atoms with Crippen LogP contribution in [0.5, 0.6) is 0 Å². The van der Waals surface area contributed by atoms with E-state index < -0.39 is 24.6 Å². The minimum atomic E-state index is -0.649. The van der Waals surface area contributed by atoms with Crippen molar-refractivity contribution in [2.45, 2.75) is 77.3 Å². The molecule has 0 bridgehead atoms. The molecule has 0 spiro atoms. The summed E-state index contributed by atoms with van der Waals surface area (Å²) in [5, 5.41) is 19.4. The Hall–Kier alpha value is -0.200. The van der Waals surface area contributed by atoms with Crippen LogP contribution in [-0.4, -0.2) is 53.6 Å². The van der Waals surface area contributed by atoms with Crippen molar-refractivity contribution in [1.29, 1.82) is 0 Å². The number of ether oxygens (including phenoxy) is 3. The summed E-state index contributed by atoms with van der Waals surface area (Å²) in [7, 11) is 0. The average Bonchev–Trinajstić information content (AvgIpc) is 2.24. The zero-order valence-electron chi connectivity index (χ0n) is 11.7. The molecule has 2 N–H and O–H groups in total. The summed E-state index contributed by atoms with van der Waals surface area (Å²) < 4.78 is 16.8. The van der Waals surface area contributed by atoms with Crippen LogP contribution in [0.25, 0.3) is 0 Å². The van der Waals surface area contributed by atoms with Crippen LogP contribution in [0.4, 0.5) is 0 Å². The van der Waals surface area contributed by atoms with E-state index in [1.54, 1.807) is 6.92 Å². The lowest BCUT2D eigenvalue weighted by Gasteiger charge is -2.36. The molecular formula is C13H26O5. The highest BCUT2D eigenvalue weighted by Crippen LogP contribution is 2.23. The van der Waals surface area contributed by atoms with Crippen LogP contribution in [0, 0.1) is 0 Å². The molecule has 5 heteroatoms. The summed E-state index contributed by atoms with van der Waals surface area (Å²) in [6.45, 7) is 7.91. The zero-order chi connectivity index (χ0) is 13.7. The first kappa shape index (κ1) is 15.9. The van der Waals surface area contributed by atoms with Gasteiger partial charge in [-0.1, -0.05) is 0 Å². The van der Waals surface area contributed by atoms with Crippen LogP contribution in [0.15, 0.2) is 0 Å². The van der Waals surface area contributed by atoms with Crippen molar-refractivity contribution in [3.8, 4) is 0 Å². The van der Waals surface area contributed by atoms with Gasteiger partial charge in [-0.15, -0.1) is 0 Å². The van der Waals surface area contributed by atoms with Crippen molar-refractivity contribution < 1.29 is 24.4 Å². The molecule has 6 atom stereocenters. The first-order valence-electron chi connectivity index (χ1n) is 6.72. The second-order valence-corrected chi connectivity index (χ2v) is 5.00. The largest absolute Gasteiger partial charge is 0.393 e. The second kappa shape index (κ2) is 7.40. The lowest BCUT2D eigenvalue weighted by molar-refractivity contribution is -0.257. The highest BCUT2D eigenvalue weighted by Gasteiger charge is 2.32. The molecule has 1 aliphatic heterocycles. The maximum absolute atomic E-state index is 9.75. The molecule has 1 fully saturated rings. The molecule has 0 aliphatic carbocycles. The first-order valence-corrected chi connectivity index (χ1v) is 6.72. The van der Waals surface area contributed by atoms with E-state index in [-0.39, 0.29) is 12.2 Å². The van der Waals surface area contributed by atoms with E-state index in [2.05, 4.69) is 0 Å². The Morgan fingerprint density at radius 3 is 2.50 bits per heavy atom. The van der Waals surface area contributed by atoms with E-state index in [1.807, 2.05) is 20.8 Å². The van der Waals surface area contributed by atoms with Gasteiger partial charge in [0.25, 0.3) is 0 Å². The predicted molar refractivity (Wildman–Crippen MR) is 67.2 cm³/mol. The van der Waals surface area contributed by atoms with Gasteiger partial charge in [-0.05, 0) is 34.1 Å². The van der Waals surface area contributed by atoms with Crippen LogP contribution >= 0.6 is 0 Å². The summed E-state index contributed by atoms with van der Waals surface area (Å²) in [5.74, 6) is 0. The third kappa shape index (κ3) is 4.82. The van der Waals surface area contributed by atoms with Crippen molar-refractivity contribution >= 4 is 0 Å². The molecule has 5 nitrogen and oxygen atoms in total. The van der Waals surface area contributed by atoms with E-state index in [0.717, 1.165) is 0 Å². The fourth-order valence-electron chi connectivity index (χ4n) is 2.31. The van der Waals surface area contributed by atoms with Crippen molar-refractivity contribution in [2.75, 3.05) is 6.61 Å². The maximum atomic E-state index is 9.75. The van der Waals surface area contributed by atoms with E-state index in [4.69, 9.17) is 14.2 Å². The molecule has 0 amide bonds. The normalized spacial score (nSPS) is 34.0. The molecule has 1 heterocycles. The van der Waals surface area contributed by atoms with Gasteiger partial charge < -0.3 is 24.4 Å². The van der Waals surface area contributed by atoms with E-state index in [1.165, 1.54) is 0 Å². The quantitative estimate of drug-likeness (QED) is 0.749. The number of aliphatic hydroxyl groups is 2. The van der Waals surface area contributed by atoms with Gasteiger partial charge in [0.1, 0.15) is 6.10 Å². The SMILES string of the molecule is CCOC(C)C(OC1CC(O)C[C@H](C)O1)C(C)O. The number of hydrogen-bond donors (Lipinski definition) is 2. The van der Waals surface area contributed by atoms with Gasteiger partial charge in [-0.2, -0.15) is 0 Å². The maximum Gasteiger partial charge on any atom is 0.161 e. The van der Waals surface area contributed by atoms with E-state index in [0.29, 0.717) is 19.4 Å². The molecule has 0 radical (unpaired) electrons. The molecule has 0 aromatic rings. The monoisotopic (exact) mass is 262 g/mol. The summed E-state index contributed by atoms with van der Waals surface area (Å²) in [5.41, 5.74) is 0. The summed E-state index contributed by atoms with van der Waals surface area (Å²) >= 11 is 0. The molecule has 18 heavy (non-hydrogen) atoms. The third-order valence-electron chi connectivity index (χ3n) is 3.13. The first-order chi connectivity index (χ1) is 8.43. The Labute approximate surface area is 109 Å². The van der Waals surface area contributed by atoms with Crippen molar-refractivity contribution in [3.63, 3.8) is 0 Å². The third-order valence-corrected chi connectivity index (χ3v) is 3.13. The van der Waals surface area contributed by atoms with Crippen LogP contribution < -0.4 is 0 Å². The van der Waals surface area contributed by atoms with Gasteiger partial charge in [-0.3, -0.25) is 0 Å². The smallest absolute Gasteiger partial charge is 0.161 e. The Balaban J connectivity index is 2.54. The van der Waals surface area contributed by atoms with Crippen molar-refractivity contribution in [3.05, 3.63) is 0 Å². The second-order valence-electron chi connectivity index (χ2n) is 5.00. The highest BCUT2D eigenvalue weighted by atomic mass is 16.7. The molecule has 1 aliphatic rings. The van der Waals surface area contributed by atoms with Gasteiger partial charge in [-0.25, -0.2) is 0 Å². The Bertz CT molecular complexity index is 223. The Morgan fingerprint density at radius 2 is 2.00 bits per heavy atom. The molecule has 0 aromatic carbocycles. The molecule has 1 rings (SSSR count). The van der Waals surface area contributed by atoms with Crippen LogP contribution in [0.1, 0.15) is 40.5 Å². The predicted octanol–water partition coefficient (Wildman–Crippen LogP) is 1.06. The van der Waals surface area contributed by atoms with Gasteiger partial charge >= 0.3 is 0 Å². The molecule has 0 aromatic heterocycles. The molecular weight excluding hydrogens is 236 g/mol. The van der Waals surface area contributed by atoms with Gasteiger partial charge in [0.05, 0.1) is 24.4 Å². The fourth-order valence-corrected chi connectivity index (χ4v) is 2.31. The topological polar surface area (TPSA) is 68.2 Å². The van der Waals surface area contributed by atoms with Crippen LogP contribution in [-0.2, 0) is 14.2 Å². The molecule has 0 saturated carbocycles. The number of rotatable bonds is 6. The summed E-state index contributed by atoms with van der Waals surface area (Å²) in [6.07, 6.45) is -1.17. The Morgan fingerprint density at radius 1 is 1.33 bits per heavy atom. The fraction of sp³-hybridized carbons (Fsp3) is 1.00. The van der Waals surface area contributed by atoms with Crippen LogP contribution in [0.2, 0.25) is 0 Å². The highest BCUT2D eigenvalue weighted by molar-refractivity contribution is 4.76. The van der Waals surface area contributed by atoms with Crippen molar-refractivity contribution in [2.24, 2.45) is 0 Å². The van der Waals surface area contributed by atoms with Crippen LogP contribution in [0.3, 0.4) is 0 Å². The Kier molecular flexibility index (Phi) is 6.52. The van der Waals surface area contributed by atoms with E-state index >= 15 is 0 Å². The molecule has 5 unspecified atom stereocenters. The number of aliphatic hydroxyl groups excluding tert-OH is 2. The lowest BCUT2D eigenvalue weighted by atomic mass is 10.1. The molecule has 1 saturated heterocycles.